The Morgan fingerprint density at radius 3 is 1.79 bits per heavy atom. The van der Waals surface area contributed by atoms with Gasteiger partial charge in [-0.15, -0.1) is 35.1 Å². The number of esters is 1. The summed E-state index contributed by atoms with van der Waals surface area (Å²) < 4.78 is 5.61. The lowest BCUT2D eigenvalue weighted by molar-refractivity contribution is -0.151. The van der Waals surface area contributed by atoms with Crippen LogP contribution in [0, 0.1) is 0 Å². The summed E-state index contributed by atoms with van der Waals surface area (Å²) in [6.07, 6.45) is 7.85. The number of hydrogen-bond acceptors (Lipinski definition) is 6. The molecule has 190 valence electrons. The Morgan fingerprint density at radius 2 is 1.38 bits per heavy atom. The molecule has 34 heavy (non-hydrogen) atoms. The lowest BCUT2D eigenvalue weighted by Crippen LogP contribution is -2.36. The molecular formula is C26H38ClNO4S2. The Kier molecular flexibility index (Phi) is 11.5. The van der Waals surface area contributed by atoms with Gasteiger partial charge in [0, 0.05) is 16.3 Å². The summed E-state index contributed by atoms with van der Waals surface area (Å²) in [6.45, 7) is 7.62. The van der Waals surface area contributed by atoms with E-state index in [-0.39, 0.29) is 23.8 Å². The summed E-state index contributed by atoms with van der Waals surface area (Å²) in [5, 5.41) is 13.3. The first-order chi connectivity index (χ1) is 16.0. The van der Waals surface area contributed by atoms with Crippen LogP contribution in [0.15, 0.2) is 35.0 Å². The zero-order valence-corrected chi connectivity index (χ0v) is 22.7. The fourth-order valence-corrected chi connectivity index (χ4v) is 7.07. The normalized spacial score (nSPS) is 18.1. The maximum atomic E-state index is 12.6. The Morgan fingerprint density at radius 1 is 0.912 bits per heavy atom. The van der Waals surface area contributed by atoms with Crippen molar-refractivity contribution in [2.75, 3.05) is 26.2 Å². The first kappa shape index (κ1) is 28.8. The van der Waals surface area contributed by atoms with Crippen LogP contribution >= 0.6 is 35.1 Å². The molecule has 5 nitrogen and oxygen atoms in total. The van der Waals surface area contributed by atoms with Crippen LogP contribution in [0.4, 0.5) is 0 Å². The Balaban J connectivity index is 0.000000253. The van der Waals surface area contributed by atoms with Gasteiger partial charge in [0.25, 0.3) is 0 Å². The molecule has 0 aliphatic heterocycles. The molecule has 1 N–H and O–H groups in total. The third-order valence-electron chi connectivity index (χ3n) is 7.24. The average molecular weight is 528 g/mol. The third kappa shape index (κ3) is 6.42. The molecule has 2 saturated carbocycles. The third-order valence-corrected chi connectivity index (χ3v) is 9.38. The van der Waals surface area contributed by atoms with Gasteiger partial charge in [-0.1, -0.05) is 51.7 Å². The topological polar surface area (TPSA) is 66.8 Å². The number of carboxylic acids is 1. The SMILES string of the molecule is CCN(CC)CCOC(=O)C1(c2cccs2)CCCC1.Cl.O=C(O)C1(c2cccs2)CCCC1. The van der Waals surface area contributed by atoms with Crippen molar-refractivity contribution in [1.29, 1.82) is 0 Å². The number of ether oxygens (including phenoxy) is 1. The van der Waals surface area contributed by atoms with E-state index in [4.69, 9.17) is 4.74 Å². The van der Waals surface area contributed by atoms with E-state index in [0.29, 0.717) is 6.61 Å². The summed E-state index contributed by atoms with van der Waals surface area (Å²) in [6, 6.07) is 8.00. The minimum Gasteiger partial charge on any atom is -0.481 e. The van der Waals surface area contributed by atoms with Crippen LogP contribution in [0.1, 0.15) is 75.0 Å². The quantitative estimate of drug-likeness (QED) is 0.376. The highest BCUT2D eigenvalue weighted by Gasteiger charge is 2.45. The number of thiophene rings is 2. The molecule has 0 bridgehead atoms. The molecule has 8 heteroatoms. The monoisotopic (exact) mass is 527 g/mol. The summed E-state index contributed by atoms with van der Waals surface area (Å²) in [5.74, 6) is -0.656. The van der Waals surface area contributed by atoms with Gasteiger partial charge >= 0.3 is 11.9 Å². The minimum absolute atomic E-state index is 0. The lowest BCUT2D eigenvalue weighted by Gasteiger charge is -2.26. The smallest absolute Gasteiger partial charge is 0.317 e. The van der Waals surface area contributed by atoms with Crippen molar-refractivity contribution in [1.82, 2.24) is 4.90 Å². The number of carbonyl (C=O) groups is 2. The fraction of sp³-hybridized carbons (Fsp3) is 0.615. The summed E-state index contributed by atoms with van der Waals surface area (Å²) >= 11 is 3.25. The van der Waals surface area contributed by atoms with Gasteiger partial charge in [-0.2, -0.15) is 0 Å². The van der Waals surface area contributed by atoms with Crippen molar-refractivity contribution in [2.24, 2.45) is 0 Å². The minimum atomic E-state index is -0.646. The van der Waals surface area contributed by atoms with Gasteiger partial charge in [0.05, 0.1) is 0 Å². The number of aliphatic carboxylic acids is 1. The van der Waals surface area contributed by atoms with Crippen molar-refractivity contribution in [3.05, 3.63) is 44.8 Å². The van der Waals surface area contributed by atoms with Crippen LogP contribution in [0.5, 0.6) is 0 Å². The molecule has 0 amide bonds. The van der Waals surface area contributed by atoms with Crippen LogP contribution in [-0.2, 0) is 25.2 Å². The number of carboxylic acid groups (broad SMARTS) is 1. The number of likely N-dealkylation sites (N-methyl/N-ethyl adjacent to an activating group) is 1. The first-order valence-electron chi connectivity index (χ1n) is 12.2. The average Bonchev–Trinajstić information content (AvgIpc) is 3.63. The van der Waals surface area contributed by atoms with E-state index >= 15 is 0 Å². The molecule has 2 aliphatic carbocycles. The first-order valence-corrected chi connectivity index (χ1v) is 14.0. The fourth-order valence-electron chi connectivity index (χ4n) is 5.12. The van der Waals surface area contributed by atoms with Crippen LogP contribution in [0.3, 0.4) is 0 Å². The van der Waals surface area contributed by atoms with Crippen molar-refractivity contribution in [2.45, 2.75) is 76.0 Å². The Bertz CT molecular complexity index is 854. The second-order valence-electron chi connectivity index (χ2n) is 9.00. The van der Waals surface area contributed by atoms with Crippen LogP contribution < -0.4 is 0 Å². The van der Waals surface area contributed by atoms with E-state index in [1.807, 2.05) is 23.6 Å². The van der Waals surface area contributed by atoms with Gasteiger partial charge in [0.2, 0.25) is 0 Å². The van der Waals surface area contributed by atoms with Gasteiger partial charge in [0.1, 0.15) is 17.4 Å². The molecule has 2 aromatic heterocycles. The molecule has 0 aromatic carbocycles. The molecule has 0 saturated heterocycles. The highest BCUT2D eigenvalue weighted by molar-refractivity contribution is 7.10. The number of carbonyl (C=O) groups excluding carboxylic acids is 1. The zero-order valence-electron chi connectivity index (χ0n) is 20.3. The standard InChI is InChI=1S/C16H25NO2S.C10H12O2S.ClH/c1-3-17(4-2)11-12-19-15(18)16(9-5-6-10-16)14-8-7-13-20-14;11-9(12)10(5-1-2-6-10)8-4-3-7-13-8;/h7-8,13H,3-6,9-12H2,1-2H3;3-4,7H,1-2,5-6H2,(H,11,12);1H. The van der Waals surface area contributed by atoms with Gasteiger partial charge in [-0.25, -0.2) is 0 Å². The molecule has 2 heterocycles. The van der Waals surface area contributed by atoms with E-state index in [2.05, 4.69) is 30.2 Å². The molecule has 4 rings (SSSR count). The highest BCUT2D eigenvalue weighted by Crippen LogP contribution is 2.44. The maximum absolute atomic E-state index is 12.6. The molecular weight excluding hydrogens is 490 g/mol. The van der Waals surface area contributed by atoms with Gasteiger partial charge < -0.3 is 14.7 Å². The van der Waals surface area contributed by atoms with E-state index in [9.17, 15) is 14.7 Å². The predicted octanol–water partition coefficient (Wildman–Crippen LogP) is 6.51. The summed E-state index contributed by atoms with van der Waals surface area (Å²) in [4.78, 5) is 28.3. The second kappa shape index (κ2) is 13.6. The lowest BCUT2D eigenvalue weighted by atomic mass is 9.84. The van der Waals surface area contributed by atoms with Crippen molar-refractivity contribution < 1.29 is 19.4 Å². The van der Waals surface area contributed by atoms with Crippen molar-refractivity contribution in [3.63, 3.8) is 0 Å². The molecule has 0 atom stereocenters. The summed E-state index contributed by atoms with van der Waals surface area (Å²) in [7, 11) is 0. The predicted molar refractivity (Wildman–Crippen MR) is 143 cm³/mol. The van der Waals surface area contributed by atoms with Crippen LogP contribution in [0.25, 0.3) is 0 Å². The highest BCUT2D eigenvalue weighted by atomic mass is 35.5. The van der Waals surface area contributed by atoms with E-state index in [1.54, 1.807) is 22.7 Å². The van der Waals surface area contributed by atoms with Gasteiger partial charge in [-0.05, 0) is 61.7 Å². The zero-order chi connectivity index (χ0) is 23.7. The van der Waals surface area contributed by atoms with E-state index < -0.39 is 11.4 Å². The molecule has 2 aliphatic rings. The maximum Gasteiger partial charge on any atom is 0.317 e. The number of rotatable bonds is 9. The molecule has 0 spiro atoms. The second-order valence-corrected chi connectivity index (χ2v) is 10.9. The van der Waals surface area contributed by atoms with E-state index in [1.165, 1.54) is 4.88 Å². The summed E-state index contributed by atoms with van der Waals surface area (Å²) in [5.41, 5.74) is -0.897. The van der Waals surface area contributed by atoms with Crippen molar-refractivity contribution in [3.8, 4) is 0 Å². The molecule has 0 radical (unpaired) electrons. The van der Waals surface area contributed by atoms with Crippen LogP contribution in [0.2, 0.25) is 0 Å². The number of halogens is 1. The number of nitrogens with zero attached hydrogens (tertiary/aromatic N) is 1. The molecule has 2 aromatic rings. The molecule has 2 fully saturated rings. The Hall–Kier alpha value is -1.41. The Labute approximate surface area is 217 Å². The van der Waals surface area contributed by atoms with Gasteiger partial charge in [-0.3, -0.25) is 9.59 Å². The molecule has 0 unspecified atom stereocenters. The largest absolute Gasteiger partial charge is 0.481 e. The van der Waals surface area contributed by atoms with Crippen LogP contribution in [-0.4, -0.2) is 48.2 Å². The van der Waals surface area contributed by atoms with E-state index in [0.717, 1.165) is 75.9 Å². The van der Waals surface area contributed by atoms with Crippen molar-refractivity contribution >= 4 is 47.0 Å². The number of hydrogen-bond donors (Lipinski definition) is 1. The van der Waals surface area contributed by atoms with Gasteiger partial charge in [0.15, 0.2) is 0 Å².